The van der Waals surface area contributed by atoms with Crippen LogP contribution in [0.3, 0.4) is 0 Å². The number of aliphatic imine (C=N–C) groups is 1. The number of benzene rings is 3. The Balaban J connectivity index is 1.72. The number of para-hydroxylation sites is 1. The minimum atomic E-state index is 0.166. The van der Waals surface area contributed by atoms with Gasteiger partial charge in [-0.25, -0.2) is 4.98 Å². The number of fused-ring (bicyclic) bond motifs is 1. The number of aromatic nitrogens is 1. The highest BCUT2D eigenvalue weighted by Gasteiger charge is 2.11. The number of phenols is 2. The van der Waals surface area contributed by atoms with E-state index in [1.54, 1.807) is 24.4 Å². The lowest BCUT2D eigenvalue weighted by molar-refractivity contribution is 0.470. The van der Waals surface area contributed by atoms with Crippen molar-refractivity contribution in [2.45, 2.75) is 0 Å². The van der Waals surface area contributed by atoms with Crippen LogP contribution < -0.4 is 0 Å². The molecule has 7 heteroatoms. The summed E-state index contributed by atoms with van der Waals surface area (Å²) in [4.78, 5) is 9.08. The molecule has 0 aliphatic carbocycles. The van der Waals surface area contributed by atoms with Gasteiger partial charge in [0.15, 0.2) is 0 Å². The van der Waals surface area contributed by atoms with E-state index < -0.39 is 0 Å². The van der Waals surface area contributed by atoms with E-state index in [1.165, 1.54) is 11.3 Å². The van der Waals surface area contributed by atoms with E-state index in [4.69, 9.17) is 0 Å². The summed E-state index contributed by atoms with van der Waals surface area (Å²) in [5, 5.41) is 21.2. The fourth-order valence-electron chi connectivity index (χ4n) is 2.59. The third kappa shape index (κ3) is 3.94. The molecule has 27 heavy (non-hydrogen) atoms. The van der Waals surface area contributed by atoms with Gasteiger partial charge >= 0.3 is 0 Å². The molecule has 1 heterocycles. The first kappa shape index (κ1) is 18.6. The van der Waals surface area contributed by atoms with Gasteiger partial charge in [0.05, 0.1) is 25.0 Å². The molecule has 1 aromatic heterocycles. The number of halogens is 2. The standard InChI is InChI=1S/C20H12I2N2O2S/c21-12-7-11(19(26)15(22)8-12)10-23-13-5-6-17(25)14(9-13)20-24-16-3-1-2-4-18(16)27-20/h1-10,25-26H. The highest BCUT2D eigenvalue weighted by molar-refractivity contribution is 14.1. The molecule has 0 saturated heterocycles. The van der Waals surface area contributed by atoms with E-state index in [0.717, 1.165) is 22.4 Å². The minimum absolute atomic E-state index is 0.166. The quantitative estimate of drug-likeness (QED) is 0.214. The Hall–Kier alpha value is -1.72. The van der Waals surface area contributed by atoms with E-state index in [-0.39, 0.29) is 11.5 Å². The Kier molecular flexibility index (Phi) is 5.33. The summed E-state index contributed by atoms with van der Waals surface area (Å²) < 4.78 is 2.87. The van der Waals surface area contributed by atoms with Crippen molar-refractivity contribution in [2.24, 2.45) is 4.99 Å². The topological polar surface area (TPSA) is 65.7 Å². The van der Waals surface area contributed by atoms with Crippen molar-refractivity contribution in [3.8, 4) is 22.1 Å². The second kappa shape index (κ2) is 7.72. The van der Waals surface area contributed by atoms with E-state index in [2.05, 4.69) is 55.2 Å². The van der Waals surface area contributed by atoms with E-state index in [0.29, 0.717) is 16.8 Å². The second-order valence-electron chi connectivity index (χ2n) is 5.77. The van der Waals surface area contributed by atoms with Crippen molar-refractivity contribution in [3.05, 3.63) is 67.3 Å². The molecular formula is C20H12I2N2O2S. The van der Waals surface area contributed by atoms with Crippen molar-refractivity contribution in [1.82, 2.24) is 4.98 Å². The average molecular weight is 598 g/mol. The third-order valence-corrected chi connectivity index (χ3v) is 6.43. The molecule has 0 unspecified atom stereocenters. The van der Waals surface area contributed by atoms with Gasteiger partial charge in [-0.1, -0.05) is 12.1 Å². The van der Waals surface area contributed by atoms with Crippen LogP contribution in [0.5, 0.6) is 11.5 Å². The van der Waals surface area contributed by atoms with Crippen LogP contribution in [0.1, 0.15) is 5.56 Å². The Bertz CT molecular complexity index is 1160. The van der Waals surface area contributed by atoms with Gasteiger partial charge in [-0.3, -0.25) is 4.99 Å². The first-order valence-corrected chi connectivity index (χ1v) is 10.9. The first-order valence-electron chi connectivity index (χ1n) is 7.92. The minimum Gasteiger partial charge on any atom is -0.507 e. The highest BCUT2D eigenvalue weighted by atomic mass is 127. The molecule has 0 fully saturated rings. The van der Waals surface area contributed by atoms with Crippen molar-refractivity contribution < 1.29 is 10.2 Å². The fraction of sp³-hybridized carbons (Fsp3) is 0. The number of hydrogen-bond acceptors (Lipinski definition) is 5. The van der Waals surface area contributed by atoms with Gasteiger partial charge in [0.1, 0.15) is 16.5 Å². The van der Waals surface area contributed by atoms with Crippen LogP contribution in [0.2, 0.25) is 0 Å². The zero-order valence-corrected chi connectivity index (χ0v) is 18.9. The molecule has 0 amide bonds. The molecule has 4 aromatic rings. The summed E-state index contributed by atoms with van der Waals surface area (Å²) >= 11 is 5.84. The molecule has 0 aliphatic heterocycles. The van der Waals surface area contributed by atoms with Gasteiger partial charge in [-0.15, -0.1) is 11.3 Å². The number of aromatic hydroxyl groups is 2. The maximum Gasteiger partial charge on any atom is 0.137 e. The molecule has 0 atom stereocenters. The van der Waals surface area contributed by atoms with Crippen molar-refractivity contribution in [2.75, 3.05) is 0 Å². The summed E-state index contributed by atoms with van der Waals surface area (Å²) in [6, 6.07) is 16.8. The fourth-order valence-corrected chi connectivity index (χ4v) is 5.47. The van der Waals surface area contributed by atoms with Gasteiger partial charge < -0.3 is 10.2 Å². The Labute approximate surface area is 186 Å². The van der Waals surface area contributed by atoms with Crippen LogP contribution in [0.15, 0.2) is 59.6 Å². The molecule has 0 saturated carbocycles. The largest absolute Gasteiger partial charge is 0.507 e. The molecular weight excluding hydrogens is 586 g/mol. The van der Waals surface area contributed by atoms with Crippen molar-refractivity contribution >= 4 is 78.6 Å². The molecule has 2 N–H and O–H groups in total. The van der Waals surface area contributed by atoms with Crippen LogP contribution in [0.4, 0.5) is 5.69 Å². The van der Waals surface area contributed by atoms with Crippen molar-refractivity contribution in [1.29, 1.82) is 0 Å². The molecule has 0 bridgehead atoms. The molecule has 0 radical (unpaired) electrons. The monoisotopic (exact) mass is 598 g/mol. The summed E-state index contributed by atoms with van der Waals surface area (Å²) in [6.45, 7) is 0. The van der Waals surface area contributed by atoms with Crippen LogP contribution in [-0.4, -0.2) is 21.4 Å². The van der Waals surface area contributed by atoms with Crippen molar-refractivity contribution in [3.63, 3.8) is 0 Å². The zero-order valence-electron chi connectivity index (χ0n) is 13.7. The number of thiazole rings is 1. The van der Waals surface area contributed by atoms with E-state index >= 15 is 0 Å². The molecule has 134 valence electrons. The predicted octanol–water partition coefficient (Wildman–Crippen LogP) is 6.33. The van der Waals surface area contributed by atoms with Crippen LogP contribution in [0, 0.1) is 7.14 Å². The Morgan fingerprint density at radius 3 is 2.63 bits per heavy atom. The molecule has 4 rings (SSSR count). The number of hydrogen-bond donors (Lipinski definition) is 2. The summed E-state index contributed by atoms with van der Waals surface area (Å²) in [7, 11) is 0. The maximum absolute atomic E-state index is 10.3. The summed E-state index contributed by atoms with van der Waals surface area (Å²) in [5.41, 5.74) is 2.88. The van der Waals surface area contributed by atoms with Crippen LogP contribution in [0.25, 0.3) is 20.8 Å². The SMILES string of the molecule is Oc1ccc(N=Cc2cc(I)cc(I)c2O)cc1-c1nc2ccccc2s1. The first-order chi connectivity index (χ1) is 13.0. The van der Waals surface area contributed by atoms with Gasteiger partial charge in [0, 0.05) is 15.3 Å². The van der Waals surface area contributed by atoms with Gasteiger partial charge in [-0.2, -0.15) is 0 Å². The smallest absolute Gasteiger partial charge is 0.137 e. The number of nitrogens with zero attached hydrogens (tertiary/aromatic N) is 2. The second-order valence-corrected chi connectivity index (χ2v) is 9.21. The Morgan fingerprint density at radius 1 is 1.00 bits per heavy atom. The normalized spacial score (nSPS) is 11.5. The van der Waals surface area contributed by atoms with Crippen LogP contribution >= 0.6 is 56.5 Å². The van der Waals surface area contributed by atoms with Gasteiger partial charge in [0.25, 0.3) is 0 Å². The van der Waals surface area contributed by atoms with Crippen LogP contribution in [-0.2, 0) is 0 Å². The molecule has 4 nitrogen and oxygen atoms in total. The predicted molar refractivity (Wildman–Crippen MR) is 128 cm³/mol. The van der Waals surface area contributed by atoms with Gasteiger partial charge in [0.2, 0.25) is 0 Å². The molecule has 3 aromatic carbocycles. The summed E-state index contributed by atoms with van der Waals surface area (Å²) in [6.07, 6.45) is 1.63. The molecule has 0 aliphatic rings. The third-order valence-electron chi connectivity index (χ3n) is 3.91. The zero-order chi connectivity index (χ0) is 19.0. The highest BCUT2D eigenvalue weighted by Crippen LogP contribution is 2.37. The maximum atomic E-state index is 10.3. The summed E-state index contributed by atoms with van der Waals surface area (Å²) in [5.74, 6) is 0.379. The van der Waals surface area contributed by atoms with E-state index in [9.17, 15) is 10.2 Å². The Morgan fingerprint density at radius 2 is 1.81 bits per heavy atom. The lowest BCUT2D eigenvalue weighted by Gasteiger charge is -2.04. The average Bonchev–Trinajstić information content (AvgIpc) is 3.08. The van der Waals surface area contributed by atoms with Gasteiger partial charge in [-0.05, 0) is 87.6 Å². The number of phenolic OH excluding ortho intramolecular Hbond substituents is 2. The van der Waals surface area contributed by atoms with E-state index in [1.807, 2.05) is 36.4 Å². The number of rotatable bonds is 3. The molecule has 0 spiro atoms. The lowest BCUT2D eigenvalue weighted by atomic mass is 10.2. The lowest BCUT2D eigenvalue weighted by Crippen LogP contribution is -1.87.